The van der Waals surface area contributed by atoms with E-state index in [9.17, 15) is 0 Å². The van der Waals surface area contributed by atoms with Gasteiger partial charge in [0.2, 0.25) is 0 Å². The van der Waals surface area contributed by atoms with Gasteiger partial charge in [0.25, 0.3) is 0 Å². The van der Waals surface area contributed by atoms with Crippen molar-refractivity contribution in [2.24, 2.45) is 0 Å². The SMILES string of the molecule is CC1CCCO1.[BH4-].[Li+]. The van der Waals surface area contributed by atoms with Crippen LogP contribution in [-0.2, 0) is 4.74 Å². The molecule has 0 N–H and O–H groups in total. The average molecular weight is 108 g/mol. The Morgan fingerprint density at radius 2 is 2.12 bits per heavy atom. The fourth-order valence-electron chi connectivity index (χ4n) is 0.739. The molecule has 0 amide bonds. The standard InChI is InChI=1S/C5H10O.BH4.Li/c1-5-3-2-4-6-5;;/h5H,2-4H2,1H3;1H4;/q;-1;+1. The van der Waals surface area contributed by atoms with Crippen LogP contribution in [0, 0.1) is 0 Å². The van der Waals surface area contributed by atoms with Crippen LogP contribution in [0.2, 0.25) is 0 Å². The minimum atomic E-state index is 0. The molecular formula is C5H14BLiO. The molecule has 0 aliphatic carbocycles. The molecule has 0 bridgehead atoms. The van der Waals surface area contributed by atoms with Gasteiger partial charge in [0, 0.05) is 6.61 Å². The van der Waals surface area contributed by atoms with Crippen molar-refractivity contribution in [3.63, 3.8) is 0 Å². The Morgan fingerprint density at radius 3 is 2.25 bits per heavy atom. The van der Waals surface area contributed by atoms with Crippen LogP contribution in [0.4, 0.5) is 0 Å². The maximum absolute atomic E-state index is 5.15. The van der Waals surface area contributed by atoms with Crippen molar-refractivity contribution in [2.75, 3.05) is 6.61 Å². The number of rotatable bonds is 0. The Balaban J connectivity index is 0. The van der Waals surface area contributed by atoms with Crippen molar-refractivity contribution in [2.45, 2.75) is 25.9 Å². The molecule has 0 aromatic heterocycles. The van der Waals surface area contributed by atoms with Crippen molar-refractivity contribution in [1.29, 1.82) is 0 Å². The van der Waals surface area contributed by atoms with E-state index in [1.807, 2.05) is 0 Å². The van der Waals surface area contributed by atoms with Gasteiger partial charge in [-0.3, -0.25) is 0 Å². The predicted molar refractivity (Wildman–Crippen MR) is 36.0 cm³/mol. The van der Waals surface area contributed by atoms with Gasteiger partial charge >= 0.3 is 18.9 Å². The molecule has 0 radical (unpaired) electrons. The maximum Gasteiger partial charge on any atom is 1.00 e. The summed E-state index contributed by atoms with van der Waals surface area (Å²) in [6.45, 7) is 3.11. The molecule has 0 spiro atoms. The Kier molecular flexibility index (Phi) is 8.22. The molecule has 1 aliphatic heterocycles. The normalized spacial score (nSPS) is 25.9. The number of ether oxygens (including phenoxy) is 1. The van der Waals surface area contributed by atoms with Gasteiger partial charge < -0.3 is 4.74 Å². The summed E-state index contributed by atoms with van der Waals surface area (Å²) in [5, 5.41) is 0. The maximum atomic E-state index is 5.15. The molecule has 3 heteroatoms. The minimum Gasteiger partial charge on any atom is -0.379 e. The molecule has 1 fully saturated rings. The van der Waals surface area contributed by atoms with E-state index >= 15 is 0 Å². The van der Waals surface area contributed by atoms with Gasteiger partial charge in [0.05, 0.1) is 6.10 Å². The molecule has 1 heterocycles. The van der Waals surface area contributed by atoms with Gasteiger partial charge in [-0.2, -0.15) is 0 Å². The van der Waals surface area contributed by atoms with Gasteiger partial charge in [0.15, 0.2) is 0 Å². The number of hydrogen-bond acceptors (Lipinski definition) is 1. The average Bonchev–Trinajstić information content (AvgIpc) is 1.86. The van der Waals surface area contributed by atoms with Crippen molar-refractivity contribution < 1.29 is 23.6 Å². The van der Waals surface area contributed by atoms with Gasteiger partial charge in [-0.25, -0.2) is 0 Å². The Labute approximate surface area is 64.9 Å². The van der Waals surface area contributed by atoms with Crippen LogP contribution in [0.25, 0.3) is 0 Å². The van der Waals surface area contributed by atoms with E-state index in [0.717, 1.165) is 6.61 Å². The molecule has 1 atom stereocenters. The van der Waals surface area contributed by atoms with Gasteiger partial charge in [-0.15, -0.1) is 0 Å². The first kappa shape index (κ1) is 11.4. The molecule has 0 saturated carbocycles. The van der Waals surface area contributed by atoms with Crippen LogP contribution in [-0.4, -0.2) is 21.1 Å². The van der Waals surface area contributed by atoms with Crippen LogP contribution >= 0.6 is 0 Å². The zero-order valence-electron chi connectivity index (χ0n) is 5.11. The third-order valence-corrected chi connectivity index (χ3v) is 1.16. The molecule has 44 valence electrons. The van der Waals surface area contributed by atoms with Crippen molar-refractivity contribution in [3.05, 3.63) is 0 Å². The summed E-state index contributed by atoms with van der Waals surface area (Å²) in [6.07, 6.45) is 3.08. The van der Waals surface area contributed by atoms with E-state index in [1.54, 1.807) is 0 Å². The third-order valence-electron chi connectivity index (χ3n) is 1.16. The second-order valence-corrected chi connectivity index (χ2v) is 1.82. The van der Waals surface area contributed by atoms with E-state index in [4.69, 9.17) is 4.74 Å². The van der Waals surface area contributed by atoms with Crippen LogP contribution in [0.5, 0.6) is 0 Å². The molecular weight excluding hydrogens is 93.8 g/mol. The predicted octanol–water partition coefficient (Wildman–Crippen LogP) is -3.26. The monoisotopic (exact) mass is 108 g/mol. The summed E-state index contributed by atoms with van der Waals surface area (Å²) < 4.78 is 5.15. The Bertz CT molecular complexity index is 45.7. The van der Waals surface area contributed by atoms with Gasteiger partial charge in [-0.05, 0) is 19.8 Å². The van der Waals surface area contributed by atoms with E-state index in [-0.39, 0.29) is 27.3 Å². The molecule has 0 aromatic rings. The second kappa shape index (κ2) is 5.75. The van der Waals surface area contributed by atoms with Gasteiger partial charge in [0.1, 0.15) is 0 Å². The van der Waals surface area contributed by atoms with E-state index < -0.39 is 0 Å². The van der Waals surface area contributed by atoms with Crippen LogP contribution in [0.1, 0.15) is 19.8 Å². The largest absolute Gasteiger partial charge is 1.00 e. The molecule has 0 aromatic carbocycles. The first-order valence-corrected chi connectivity index (χ1v) is 2.51. The summed E-state index contributed by atoms with van der Waals surface area (Å²) in [5.74, 6) is 0. The summed E-state index contributed by atoms with van der Waals surface area (Å²) in [4.78, 5) is 0. The van der Waals surface area contributed by atoms with E-state index in [1.165, 1.54) is 12.8 Å². The summed E-state index contributed by atoms with van der Waals surface area (Å²) in [5.41, 5.74) is 0. The molecule has 1 aliphatic rings. The first-order valence-electron chi connectivity index (χ1n) is 2.51. The summed E-state index contributed by atoms with van der Waals surface area (Å²) in [6, 6.07) is 0. The Morgan fingerprint density at radius 1 is 1.50 bits per heavy atom. The van der Waals surface area contributed by atoms with Crippen molar-refractivity contribution in [1.82, 2.24) is 0 Å². The molecule has 8 heavy (non-hydrogen) atoms. The molecule has 1 rings (SSSR count). The fraction of sp³-hybridized carbons (Fsp3) is 1.00. The first-order chi connectivity index (χ1) is 2.89. The third kappa shape index (κ3) is 3.60. The van der Waals surface area contributed by atoms with Crippen LogP contribution < -0.4 is 18.9 Å². The van der Waals surface area contributed by atoms with Crippen molar-refractivity contribution in [3.8, 4) is 0 Å². The molecule has 1 unspecified atom stereocenters. The summed E-state index contributed by atoms with van der Waals surface area (Å²) in [7, 11) is 0. The van der Waals surface area contributed by atoms with Gasteiger partial charge in [-0.1, -0.05) is 8.41 Å². The van der Waals surface area contributed by atoms with E-state index in [2.05, 4.69) is 6.92 Å². The van der Waals surface area contributed by atoms with Crippen molar-refractivity contribution >= 4 is 8.41 Å². The number of hydrogen-bond donors (Lipinski definition) is 0. The molecule has 1 saturated heterocycles. The van der Waals surface area contributed by atoms with E-state index in [0.29, 0.717) is 6.10 Å². The quantitative estimate of drug-likeness (QED) is 0.296. The fourth-order valence-corrected chi connectivity index (χ4v) is 0.739. The smallest absolute Gasteiger partial charge is 0.379 e. The second-order valence-electron chi connectivity index (χ2n) is 1.82. The van der Waals surface area contributed by atoms with Crippen LogP contribution in [0.3, 0.4) is 0 Å². The Hall–Kier alpha value is 0.622. The van der Waals surface area contributed by atoms with Crippen LogP contribution in [0.15, 0.2) is 0 Å². The zero-order chi connectivity index (χ0) is 4.41. The molecule has 1 nitrogen and oxygen atoms in total. The minimum absolute atomic E-state index is 0. The summed E-state index contributed by atoms with van der Waals surface area (Å²) >= 11 is 0. The zero-order valence-corrected chi connectivity index (χ0v) is 5.11. The topological polar surface area (TPSA) is 9.23 Å².